The van der Waals surface area contributed by atoms with Crippen molar-refractivity contribution in [1.29, 1.82) is 0 Å². The first-order chi connectivity index (χ1) is 21.0. The number of aliphatic hydroxyl groups is 1. The number of aromatic nitrogens is 3. The molecule has 3 aromatic heterocycles. The van der Waals surface area contributed by atoms with Crippen molar-refractivity contribution in [3.8, 4) is 11.4 Å². The van der Waals surface area contributed by atoms with Crippen molar-refractivity contribution in [3.05, 3.63) is 139 Å². The summed E-state index contributed by atoms with van der Waals surface area (Å²) in [6.45, 7) is 2.85. The quantitative estimate of drug-likeness (QED) is 0.111. The summed E-state index contributed by atoms with van der Waals surface area (Å²) in [6.07, 6.45) is 1.17. The van der Waals surface area contributed by atoms with Gasteiger partial charge in [0.25, 0.3) is 0 Å². The van der Waals surface area contributed by atoms with E-state index in [0.717, 1.165) is 49.7 Å². The standard InChI is InChI=1S/C33H20N3.C5H8O2.Ir/c1-3-12-23(13-4-1)35-27-18-9-16-25-31(27)32-28(35)19-10-20-29(32)36(24-14-5-2-6-15-24)30-21-22-11-7-8-17-26(22)34-33(25)30;1-4(6)3-5(2)7;/h1-15,17-21H;3,6H,1-2H3;/q-1;;/b;4-3-;. The largest absolute Gasteiger partial charge is 0.512 e. The summed E-state index contributed by atoms with van der Waals surface area (Å²) in [5.41, 5.74) is 8.74. The zero-order valence-corrected chi connectivity index (χ0v) is 26.5. The van der Waals surface area contributed by atoms with Gasteiger partial charge < -0.3 is 14.2 Å². The fourth-order valence-corrected chi connectivity index (χ4v) is 5.99. The first kappa shape index (κ1) is 29.1. The van der Waals surface area contributed by atoms with Crippen LogP contribution in [0.3, 0.4) is 0 Å². The molecule has 0 bridgehead atoms. The fraction of sp³-hybridized carbons (Fsp3) is 0.0526. The molecule has 0 aliphatic carbocycles. The first-order valence-corrected chi connectivity index (χ1v) is 14.2. The molecule has 0 atom stereocenters. The molecular weight excluding hydrogens is 723 g/mol. The van der Waals surface area contributed by atoms with Crippen LogP contribution in [0.4, 0.5) is 0 Å². The number of hydrogen-bond donors (Lipinski definition) is 1. The normalized spacial score (nSPS) is 11.5. The van der Waals surface area contributed by atoms with Gasteiger partial charge in [0.15, 0.2) is 5.78 Å². The Labute approximate surface area is 268 Å². The molecule has 0 spiro atoms. The smallest absolute Gasteiger partial charge is 0.155 e. The monoisotopic (exact) mass is 751 g/mol. The van der Waals surface area contributed by atoms with Gasteiger partial charge in [-0.15, -0.1) is 23.6 Å². The maximum atomic E-state index is 10.0. The summed E-state index contributed by atoms with van der Waals surface area (Å²) >= 11 is 0. The van der Waals surface area contributed by atoms with Crippen LogP contribution in [-0.2, 0) is 24.9 Å². The number of allylic oxidation sites excluding steroid dienone is 2. The van der Waals surface area contributed by atoms with Crippen LogP contribution in [0.2, 0.25) is 0 Å². The molecule has 0 saturated carbocycles. The van der Waals surface area contributed by atoms with Gasteiger partial charge in [-0.05, 0) is 73.3 Å². The number of ketones is 1. The molecule has 0 amide bonds. The Hall–Kier alpha value is -5.03. The average Bonchev–Trinajstić information content (AvgIpc) is 3.30. The third-order valence-electron chi connectivity index (χ3n) is 7.59. The van der Waals surface area contributed by atoms with Crippen LogP contribution in [0.15, 0.2) is 133 Å². The number of rotatable bonds is 3. The van der Waals surface area contributed by atoms with E-state index in [-0.39, 0.29) is 31.6 Å². The van der Waals surface area contributed by atoms with Gasteiger partial charge in [-0.2, -0.15) is 0 Å². The average molecular weight is 751 g/mol. The van der Waals surface area contributed by atoms with Gasteiger partial charge in [0.05, 0.1) is 11.3 Å². The molecule has 0 saturated heterocycles. The van der Waals surface area contributed by atoms with Gasteiger partial charge in [-0.1, -0.05) is 66.0 Å². The van der Waals surface area contributed by atoms with E-state index in [4.69, 9.17) is 10.1 Å². The van der Waals surface area contributed by atoms with Crippen LogP contribution >= 0.6 is 0 Å². The second-order valence-electron chi connectivity index (χ2n) is 10.6. The summed E-state index contributed by atoms with van der Waals surface area (Å²) < 4.78 is 4.72. The van der Waals surface area contributed by atoms with Crippen LogP contribution in [0.5, 0.6) is 0 Å². The molecule has 0 aliphatic heterocycles. The number of carbonyl (C=O) groups is 1. The molecule has 0 unspecified atom stereocenters. The van der Waals surface area contributed by atoms with Crippen molar-refractivity contribution < 1.29 is 30.0 Å². The van der Waals surface area contributed by atoms with Gasteiger partial charge >= 0.3 is 0 Å². The van der Waals surface area contributed by atoms with E-state index < -0.39 is 0 Å². The predicted molar refractivity (Wildman–Crippen MR) is 176 cm³/mol. The molecule has 0 fully saturated rings. The SMILES string of the molecule is CC(=O)/C=C(/C)O.[Ir].[c-]1ccc2c3c1c1nc4ccccc4cc1n(-c1ccccc1)c1cccc(c31)n2-c1ccccc1. The minimum atomic E-state index is -0.125. The van der Waals surface area contributed by atoms with Crippen LogP contribution < -0.4 is 0 Å². The third kappa shape index (κ3) is 4.98. The van der Waals surface area contributed by atoms with E-state index in [1.54, 1.807) is 0 Å². The van der Waals surface area contributed by atoms with E-state index in [0.29, 0.717) is 0 Å². The summed E-state index contributed by atoms with van der Waals surface area (Å²) in [7, 11) is 0. The van der Waals surface area contributed by atoms with Crippen LogP contribution in [0, 0.1) is 6.07 Å². The van der Waals surface area contributed by atoms with Crippen LogP contribution in [0.1, 0.15) is 13.8 Å². The molecular formula is C38H28IrN3O2-. The number of pyridine rings is 1. The zero-order valence-electron chi connectivity index (χ0n) is 24.2. The summed E-state index contributed by atoms with van der Waals surface area (Å²) in [5, 5.41) is 12.9. The Bertz CT molecular complexity index is 2330. The van der Waals surface area contributed by atoms with E-state index in [2.05, 4.69) is 130 Å². The van der Waals surface area contributed by atoms with Gasteiger partial charge in [0.2, 0.25) is 0 Å². The Kier molecular flexibility index (Phi) is 7.88. The molecule has 1 radical (unpaired) electrons. The Morgan fingerprint density at radius 3 is 1.86 bits per heavy atom. The number of benzene rings is 5. The Balaban J connectivity index is 0.000000388. The van der Waals surface area contributed by atoms with E-state index >= 15 is 0 Å². The fourth-order valence-electron chi connectivity index (χ4n) is 5.99. The van der Waals surface area contributed by atoms with Crippen molar-refractivity contribution >= 4 is 60.4 Å². The van der Waals surface area contributed by atoms with Gasteiger partial charge in [0, 0.05) is 65.0 Å². The maximum absolute atomic E-state index is 10.0. The first-order valence-electron chi connectivity index (χ1n) is 14.2. The molecule has 217 valence electrons. The zero-order chi connectivity index (χ0) is 29.5. The number of hydrogen-bond acceptors (Lipinski definition) is 3. The number of aliphatic hydroxyl groups excluding tert-OH is 1. The van der Waals surface area contributed by atoms with Crippen molar-refractivity contribution in [1.82, 2.24) is 14.1 Å². The van der Waals surface area contributed by atoms with Crippen molar-refractivity contribution in [2.24, 2.45) is 0 Å². The van der Waals surface area contributed by atoms with Gasteiger partial charge in [-0.25, -0.2) is 0 Å². The van der Waals surface area contributed by atoms with Crippen LogP contribution in [-0.4, -0.2) is 25.0 Å². The van der Waals surface area contributed by atoms with Crippen LogP contribution in [0.25, 0.3) is 66.0 Å². The third-order valence-corrected chi connectivity index (χ3v) is 7.59. The predicted octanol–water partition coefficient (Wildman–Crippen LogP) is 9.26. The van der Waals surface area contributed by atoms with Crippen molar-refractivity contribution in [3.63, 3.8) is 0 Å². The van der Waals surface area contributed by atoms with Crippen molar-refractivity contribution in [2.75, 3.05) is 0 Å². The summed E-state index contributed by atoms with van der Waals surface area (Å²) in [4.78, 5) is 15.3. The molecule has 6 heteroatoms. The molecule has 44 heavy (non-hydrogen) atoms. The molecule has 8 aromatic rings. The van der Waals surface area contributed by atoms with Crippen molar-refractivity contribution in [2.45, 2.75) is 13.8 Å². The molecule has 8 rings (SSSR count). The molecule has 3 heterocycles. The number of carbonyl (C=O) groups excluding carboxylic acids is 1. The van der Waals surface area contributed by atoms with E-state index in [9.17, 15) is 4.79 Å². The molecule has 5 aromatic carbocycles. The Morgan fingerprint density at radius 1 is 0.705 bits per heavy atom. The topological polar surface area (TPSA) is 60.0 Å². The van der Waals surface area contributed by atoms with E-state index in [1.165, 1.54) is 36.2 Å². The minimum absolute atomic E-state index is 0. The summed E-state index contributed by atoms with van der Waals surface area (Å²) in [5.74, 6) is -0.0625. The minimum Gasteiger partial charge on any atom is -0.512 e. The van der Waals surface area contributed by atoms with Gasteiger partial charge in [-0.3, -0.25) is 9.78 Å². The second-order valence-corrected chi connectivity index (χ2v) is 10.6. The number of nitrogens with zero attached hydrogens (tertiary/aromatic N) is 3. The van der Waals surface area contributed by atoms with E-state index in [1.807, 2.05) is 6.07 Å². The Morgan fingerprint density at radius 2 is 1.27 bits per heavy atom. The second kappa shape index (κ2) is 11.9. The molecule has 1 N–H and O–H groups in total. The van der Waals surface area contributed by atoms with Gasteiger partial charge in [0.1, 0.15) is 0 Å². The summed E-state index contributed by atoms with van der Waals surface area (Å²) in [6, 6.07) is 46.2. The molecule has 5 nitrogen and oxygen atoms in total. The maximum Gasteiger partial charge on any atom is 0.155 e. The number of para-hydroxylation sites is 3. The molecule has 0 aliphatic rings. The number of fused-ring (bicyclic) bond motifs is 3.